The van der Waals surface area contributed by atoms with E-state index in [2.05, 4.69) is 16.0 Å². The van der Waals surface area contributed by atoms with Gasteiger partial charge in [0.15, 0.2) is 5.11 Å². The Hall–Kier alpha value is -3.89. The predicted molar refractivity (Wildman–Crippen MR) is 147 cm³/mol. The molecule has 0 saturated carbocycles. The van der Waals surface area contributed by atoms with Crippen LogP contribution in [0.2, 0.25) is 0 Å². The smallest absolute Gasteiger partial charge is 0.354 e. The number of halogens is 6. The fraction of sp³-hybridized carbons (Fsp3) is 0.167. The molecule has 0 aliphatic carbocycles. The van der Waals surface area contributed by atoms with Gasteiger partial charge < -0.3 is 16.0 Å². The van der Waals surface area contributed by atoms with Crippen LogP contribution in [0.5, 0.6) is 0 Å². The van der Waals surface area contributed by atoms with Crippen LogP contribution in [0, 0.1) is 0 Å². The zero-order chi connectivity index (χ0) is 28.8. The Balaban J connectivity index is 1.66. The standard InChI is InChI=1S/C30H25F6N3S/c31-29(32,33)23-16-24(30(34,35)36)18-25(17-23)38-28(40)39-27(22-14-8-3-9-15-22)26(21-12-6-2-7-13-21)37-19-20-10-4-1-5-11-20/h1-18,26-27,37H,19H2,(H2,38,39,40). The number of benzene rings is 4. The Bertz CT molecular complexity index is 1360. The third-order valence-corrected chi connectivity index (χ3v) is 6.37. The van der Waals surface area contributed by atoms with Gasteiger partial charge in [-0.15, -0.1) is 0 Å². The summed E-state index contributed by atoms with van der Waals surface area (Å²) in [5.74, 6) is 0. The lowest BCUT2D eigenvalue weighted by Crippen LogP contribution is -2.40. The highest BCUT2D eigenvalue weighted by Crippen LogP contribution is 2.38. The van der Waals surface area contributed by atoms with Gasteiger partial charge in [-0.05, 0) is 47.1 Å². The molecule has 208 valence electrons. The van der Waals surface area contributed by atoms with Gasteiger partial charge >= 0.3 is 12.4 Å². The minimum absolute atomic E-state index is 0.0768. The summed E-state index contributed by atoms with van der Waals surface area (Å²) in [5.41, 5.74) is -0.556. The summed E-state index contributed by atoms with van der Waals surface area (Å²) >= 11 is 5.42. The summed E-state index contributed by atoms with van der Waals surface area (Å²) < 4.78 is 80.2. The van der Waals surface area contributed by atoms with Crippen LogP contribution in [-0.4, -0.2) is 5.11 Å². The molecule has 3 N–H and O–H groups in total. The van der Waals surface area contributed by atoms with E-state index in [1.54, 1.807) is 0 Å². The third kappa shape index (κ3) is 7.83. The van der Waals surface area contributed by atoms with E-state index in [1.807, 2.05) is 91.0 Å². The minimum Gasteiger partial charge on any atom is -0.354 e. The molecule has 0 radical (unpaired) electrons. The fourth-order valence-corrected chi connectivity index (χ4v) is 4.51. The van der Waals surface area contributed by atoms with Crippen LogP contribution in [0.3, 0.4) is 0 Å². The molecule has 0 amide bonds. The molecule has 0 aliphatic heterocycles. The van der Waals surface area contributed by atoms with Crippen molar-refractivity contribution in [3.05, 3.63) is 137 Å². The van der Waals surface area contributed by atoms with Gasteiger partial charge in [-0.25, -0.2) is 0 Å². The fourth-order valence-electron chi connectivity index (χ4n) is 4.27. The molecule has 0 saturated heterocycles. The topological polar surface area (TPSA) is 36.1 Å². The molecule has 4 aromatic carbocycles. The van der Waals surface area contributed by atoms with Gasteiger partial charge in [0.1, 0.15) is 0 Å². The largest absolute Gasteiger partial charge is 0.416 e. The third-order valence-electron chi connectivity index (χ3n) is 6.15. The molecule has 0 spiro atoms. The van der Waals surface area contributed by atoms with E-state index >= 15 is 0 Å². The average Bonchev–Trinajstić information content (AvgIpc) is 2.93. The number of hydrogen-bond donors (Lipinski definition) is 3. The molecule has 0 fully saturated rings. The summed E-state index contributed by atoms with van der Waals surface area (Å²) in [5, 5.41) is 9.06. The molecule has 2 atom stereocenters. The first-order chi connectivity index (χ1) is 19.0. The summed E-state index contributed by atoms with van der Waals surface area (Å²) in [6.45, 7) is 0.494. The lowest BCUT2D eigenvalue weighted by molar-refractivity contribution is -0.143. The Morgan fingerprint density at radius 3 is 1.55 bits per heavy atom. The molecule has 0 heterocycles. The Morgan fingerprint density at radius 1 is 0.625 bits per heavy atom. The van der Waals surface area contributed by atoms with E-state index in [9.17, 15) is 26.3 Å². The lowest BCUT2D eigenvalue weighted by Gasteiger charge is -2.31. The first-order valence-corrected chi connectivity index (χ1v) is 12.7. The van der Waals surface area contributed by atoms with Crippen LogP contribution in [0.25, 0.3) is 0 Å². The van der Waals surface area contributed by atoms with E-state index in [4.69, 9.17) is 12.2 Å². The molecule has 4 aromatic rings. The number of nitrogens with one attached hydrogen (secondary N) is 3. The number of anilines is 1. The molecular formula is C30H25F6N3S. The summed E-state index contributed by atoms with van der Waals surface area (Å²) in [7, 11) is 0. The molecule has 40 heavy (non-hydrogen) atoms. The van der Waals surface area contributed by atoms with Crippen LogP contribution >= 0.6 is 12.2 Å². The summed E-state index contributed by atoms with van der Waals surface area (Å²) in [6.07, 6.45) is -9.95. The zero-order valence-electron chi connectivity index (χ0n) is 20.9. The monoisotopic (exact) mass is 573 g/mol. The normalized spacial score (nSPS) is 13.3. The number of hydrogen-bond acceptors (Lipinski definition) is 2. The number of alkyl halides is 6. The molecular weight excluding hydrogens is 548 g/mol. The second-order valence-electron chi connectivity index (χ2n) is 9.04. The quantitative estimate of drug-likeness (QED) is 0.146. The maximum atomic E-state index is 13.4. The van der Waals surface area contributed by atoms with Gasteiger partial charge in [-0.2, -0.15) is 26.3 Å². The van der Waals surface area contributed by atoms with Crippen molar-refractivity contribution in [1.29, 1.82) is 0 Å². The van der Waals surface area contributed by atoms with Crippen molar-refractivity contribution in [2.24, 2.45) is 0 Å². The number of thiocarbonyl (C=S) groups is 1. The van der Waals surface area contributed by atoms with Crippen LogP contribution in [0.1, 0.15) is 39.9 Å². The van der Waals surface area contributed by atoms with E-state index < -0.39 is 35.2 Å². The SMILES string of the molecule is FC(F)(F)c1cc(NC(=S)NC(c2ccccc2)C(NCc2ccccc2)c2ccccc2)cc(C(F)(F)F)c1. The van der Waals surface area contributed by atoms with Crippen molar-refractivity contribution in [3.8, 4) is 0 Å². The Morgan fingerprint density at radius 2 is 1.07 bits per heavy atom. The van der Waals surface area contributed by atoms with Crippen molar-refractivity contribution in [1.82, 2.24) is 10.6 Å². The van der Waals surface area contributed by atoms with Crippen LogP contribution in [0.15, 0.2) is 109 Å². The number of rotatable bonds is 8. The maximum absolute atomic E-state index is 13.4. The zero-order valence-corrected chi connectivity index (χ0v) is 21.7. The van der Waals surface area contributed by atoms with Gasteiger partial charge in [0.2, 0.25) is 0 Å². The molecule has 3 nitrogen and oxygen atoms in total. The van der Waals surface area contributed by atoms with Crippen molar-refractivity contribution < 1.29 is 26.3 Å². The van der Waals surface area contributed by atoms with Gasteiger partial charge in [-0.3, -0.25) is 0 Å². The average molecular weight is 574 g/mol. The summed E-state index contributed by atoms with van der Waals surface area (Å²) in [6, 6.07) is 28.8. The first kappa shape index (κ1) is 29.1. The van der Waals surface area contributed by atoms with Crippen molar-refractivity contribution >= 4 is 23.0 Å². The Labute approximate surface area is 233 Å². The lowest BCUT2D eigenvalue weighted by atomic mass is 9.93. The van der Waals surface area contributed by atoms with E-state index in [0.29, 0.717) is 18.7 Å². The predicted octanol–water partition coefficient (Wildman–Crippen LogP) is 8.28. The van der Waals surface area contributed by atoms with Gasteiger partial charge in [0.05, 0.1) is 23.2 Å². The van der Waals surface area contributed by atoms with E-state index in [1.165, 1.54) is 0 Å². The highest BCUT2D eigenvalue weighted by Gasteiger charge is 2.37. The highest BCUT2D eigenvalue weighted by molar-refractivity contribution is 7.80. The molecule has 0 bridgehead atoms. The van der Waals surface area contributed by atoms with E-state index in [0.717, 1.165) is 16.7 Å². The molecule has 2 unspecified atom stereocenters. The highest BCUT2D eigenvalue weighted by atomic mass is 32.1. The van der Waals surface area contributed by atoms with Gasteiger partial charge in [-0.1, -0.05) is 91.0 Å². The molecule has 0 aliphatic rings. The van der Waals surface area contributed by atoms with Gasteiger partial charge in [0.25, 0.3) is 0 Å². The Kier molecular flexibility index (Phi) is 9.11. The maximum Gasteiger partial charge on any atom is 0.416 e. The van der Waals surface area contributed by atoms with E-state index in [-0.39, 0.29) is 17.2 Å². The van der Waals surface area contributed by atoms with Crippen LogP contribution in [-0.2, 0) is 18.9 Å². The van der Waals surface area contributed by atoms with Gasteiger partial charge in [0, 0.05) is 12.2 Å². The second kappa shape index (κ2) is 12.5. The second-order valence-corrected chi connectivity index (χ2v) is 9.44. The molecule has 10 heteroatoms. The van der Waals surface area contributed by atoms with Crippen LogP contribution in [0.4, 0.5) is 32.0 Å². The first-order valence-electron chi connectivity index (χ1n) is 12.2. The molecule has 0 aromatic heterocycles. The van der Waals surface area contributed by atoms with Crippen molar-refractivity contribution in [2.45, 2.75) is 31.0 Å². The van der Waals surface area contributed by atoms with Crippen molar-refractivity contribution in [2.75, 3.05) is 5.32 Å². The molecule has 4 rings (SSSR count). The summed E-state index contributed by atoms with van der Waals surface area (Å²) in [4.78, 5) is 0. The minimum atomic E-state index is -4.97. The van der Waals surface area contributed by atoms with Crippen molar-refractivity contribution in [3.63, 3.8) is 0 Å². The van der Waals surface area contributed by atoms with Crippen LogP contribution < -0.4 is 16.0 Å².